The largest absolute Gasteiger partial charge is 0.302 e. The zero-order valence-electron chi connectivity index (χ0n) is 14.3. The van der Waals surface area contributed by atoms with Gasteiger partial charge in [0.2, 0.25) is 5.91 Å². The molecule has 1 atom stereocenters. The summed E-state index contributed by atoms with van der Waals surface area (Å²) in [6.07, 6.45) is 4.15. The SMILES string of the molecule is C=CCn1c(Cc2ccccc2)nnc1S[C@@H](C)C(=O)Nc1nccs1. The number of nitrogens with one attached hydrogen (secondary N) is 1. The number of rotatable bonds is 8. The van der Waals surface area contributed by atoms with E-state index < -0.39 is 0 Å². The minimum Gasteiger partial charge on any atom is -0.302 e. The molecule has 2 heterocycles. The van der Waals surface area contributed by atoms with Crippen LogP contribution in [0.4, 0.5) is 5.13 Å². The van der Waals surface area contributed by atoms with Crippen LogP contribution in [0, 0.1) is 0 Å². The minimum atomic E-state index is -0.323. The van der Waals surface area contributed by atoms with E-state index in [9.17, 15) is 4.79 Å². The summed E-state index contributed by atoms with van der Waals surface area (Å²) < 4.78 is 2.00. The van der Waals surface area contributed by atoms with Gasteiger partial charge in [-0.05, 0) is 12.5 Å². The molecule has 0 aliphatic rings. The molecule has 3 rings (SSSR count). The van der Waals surface area contributed by atoms with Crippen LogP contribution in [0.15, 0.2) is 59.7 Å². The van der Waals surface area contributed by atoms with Gasteiger partial charge in [-0.2, -0.15) is 0 Å². The molecule has 0 aliphatic carbocycles. The van der Waals surface area contributed by atoms with Gasteiger partial charge in [0.15, 0.2) is 10.3 Å². The van der Waals surface area contributed by atoms with Gasteiger partial charge in [0.05, 0.1) is 5.25 Å². The van der Waals surface area contributed by atoms with Crippen molar-refractivity contribution in [3.05, 3.63) is 66.0 Å². The number of aromatic nitrogens is 4. The Hall–Kier alpha value is -2.45. The first kappa shape index (κ1) is 18.3. The number of hydrogen-bond donors (Lipinski definition) is 1. The number of carbonyl (C=O) groups is 1. The lowest BCUT2D eigenvalue weighted by atomic mass is 10.1. The van der Waals surface area contributed by atoms with Crippen LogP contribution in [0.2, 0.25) is 0 Å². The molecule has 0 radical (unpaired) electrons. The van der Waals surface area contributed by atoms with E-state index in [4.69, 9.17) is 0 Å². The van der Waals surface area contributed by atoms with E-state index >= 15 is 0 Å². The topological polar surface area (TPSA) is 72.7 Å². The van der Waals surface area contributed by atoms with Crippen molar-refractivity contribution in [1.29, 1.82) is 0 Å². The number of amides is 1. The first-order valence-corrected chi connectivity index (χ1v) is 9.87. The molecule has 134 valence electrons. The molecule has 3 aromatic rings. The third kappa shape index (κ3) is 4.59. The minimum absolute atomic E-state index is 0.109. The predicted molar refractivity (Wildman–Crippen MR) is 106 cm³/mol. The van der Waals surface area contributed by atoms with Crippen molar-refractivity contribution >= 4 is 34.1 Å². The maximum atomic E-state index is 12.3. The monoisotopic (exact) mass is 385 g/mol. The van der Waals surface area contributed by atoms with Crippen LogP contribution in [0.3, 0.4) is 0 Å². The van der Waals surface area contributed by atoms with Gasteiger partial charge in [0, 0.05) is 24.5 Å². The summed E-state index contributed by atoms with van der Waals surface area (Å²) in [6.45, 7) is 6.26. The highest BCUT2D eigenvalue weighted by atomic mass is 32.2. The Kier molecular flexibility index (Phi) is 6.19. The van der Waals surface area contributed by atoms with Crippen LogP contribution in [0.25, 0.3) is 0 Å². The molecule has 0 spiro atoms. The van der Waals surface area contributed by atoms with E-state index in [1.165, 1.54) is 23.1 Å². The lowest BCUT2D eigenvalue weighted by Crippen LogP contribution is -2.22. The summed E-state index contributed by atoms with van der Waals surface area (Å²) in [5.41, 5.74) is 1.16. The second kappa shape index (κ2) is 8.77. The zero-order chi connectivity index (χ0) is 18.4. The molecular formula is C18H19N5OS2. The van der Waals surface area contributed by atoms with Crippen molar-refractivity contribution in [2.45, 2.75) is 30.3 Å². The van der Waals surface area contributed by atoms with Gasteiger partial charge < -0.3 is 9.88 Å². The molecule has 1 N–H and O–H groups in total. The fourth-order valence-electron chi connectivity index (χ4n) is 2.33. The van der Waals surface area contributed by atoms with Gasteiger partial charge in [-0.3, -0.25) is 4.79 Å². The van der Waals surface area contributed by atoms with Gasteiger partial charge in [0.25, 0.3) is 0 Å². The van der Waals surface area contributed by atoms with Crippen molar-refractivity contribution in [2.75, 3.05) is 5.32 Å². The van der Waals surface area contributed by atoms with Crippen molar-refractivity contribution in [3.8, 4) is 0 Å². The quantitative estimate of drug-likeness (QED) is 0.473. The van der Waals surface area contributed by atoms with Gasteiger partial charge in [-0.1, -0.05) is 48.2 Å². The Morgan fingerprint density at radius 1 is 1.38 bits per heavy atom. The Morgan fingerprint density at radius 2 is 2.19 bits per heavy atom. The molecule has 0 saturated heterocycles. The number of allylic oxidation sites excluding steroid dienone is 1. The van der Waals surface area contributed by atoms with Crippen LogP contribution in [0.1, 0.15) is 18.3 Å². The Bertz CT molecular complexity index is 861. The van der Waals surface area contributed by atoms with E-state index in [0.29, 0.717) is 23.3 Å². The normalized spacial score (nSPS) is 11.9. The maximum Gasteiger partial charge on any atom is 0.239 e. The summed E-state index contributed by atoms with van der Waals surface area (Å²) in [6, 6.07) is 10.1. The van der Waals surface area contributed by atoms with Crippen molar-refractivity contribution in [3.63, 3.8) is 0 Å². The van der Waals surface area contributed by atoms with Crippen molar-refractivity contribution in [1.82, 2.24) is 19.7 Å². The first-order valence-electron chi connectivity index (χ1n) is 8.11. The average molecular weight is 386 g/mol. The van der Waals surface area contributed by atoms with Crippen molar-refractivity contribution < 1.29 is 4.79 Å². The zero-order valence-corrected chi connectivity index (χ0v) is 16.0. The van der Waals surface area contributed by atoms with Crippen LogP contribution in [-0.2, 0) is 17.8 Å². The summed E-state index contributed by atoms with van der Waals surface area (Å²) >= 11 is 2.77. The smallest absolute Gasteiger partial charge is 0.239 e. The van der Waals surface area contributed by atoms with E-state index in [2.05, 4.69) is 39.2 Å². The Labute approximate surface area is 160 Å². The lowest BCUT2D eigenvalue weighted by Gasteiger charge is -2.12. The number of thiazole rings is 1. The van der Waals surface area contributed by atoms with Crippen LogP contribution in [0.5, 0.6) is 0 Å². The summed E-state index contributed by atoms with van der Waals surface area (Å²) in [4.78, 5) is 16.4. The second-order valence-electron chi connectivity index (χ2n) is 5.55. The highest BCUT2D eigenvalue weighted by molar-refractivity contribution is 8.00. The number of hydrogen-bond acceptors (Lipinski definition) is 6. The van der Waals surface area contributed by atoms with Crippen LogP contribution < -0.4 is 5.32 Å². The molecule has 26 heavy (non-hydrogen) atoms. The molecule has 0 saturated carbocycles. The molecule has 6 nitrogen and oxygen atoms in total. The van der Waals surface area contributed by atoms with E-state index in [1.807, 2.05) is 41.1 Å². The summed E-state index contributed by atoms with van der Waals surface area (Å²) in [5.74, 6) is 0.744. The average Bonchev–Trinajstić information content (AvgIpc) is 3.28. The molecule has 8 heteroatoms. The fraction of sp³-hybridized carbons (Fsp3) is 0.222. The molecule has 1 aromatic carbocycles. The maximum absolute atomic E-state index is 12.3. The first-order chi connectivity index (χ1) is 12.7. The van der Waals surface area contributed by atoms with Crippen LogP contribution >= 0.6 is 23.1 Å². The third-order valence-corrected chi connectivity index (χ3v) is 5.39. The van der Waals surface area contributed by atoms with Gasteiger partial charge in [-0.15, -0.1) is 28.1 Å². The van der Waals surface area contributed by atoms with Gasteiger partial charge >= 0.3 is 0 Å². The fourth-order valence-corrected chi connectivity index (χ4v) is 3.74. The Morgan fingerprint density at radius 3 is 2.88 bits per heavy atom. The molecular weight excluding hydrogens is 366 g/mol. The number of benzene rings is 1. The number of anilines is 1. The number of carbonyl (C=O) groups excluding carboxylic acids is 1. The van der Waals surface area contributed by atoms with E-state index in [1.54, 1.807) is 6.20 Å². The summed E-state index contributed by atoms with van der Waals surface area (Å²) in [5, 5.41) is 14.2. The lowest BCUT2D eigenvalue weighted by molar-refractivity contribution is -0.115. The Balaban J connectivity index is 1.72. The van der Waals surface area contributed by atoms with Crippen LogP contribution in [-0.4, -0.2) is 30.9 Å². The predicted octanol–water partition coefficient (Wildman–Crippen LogP) is 3.63. The van der Waals surface area contributed by atoms with Gasteiger partial charge in [0.1, 0.15) is 5.82 Å². The van der Waals surface area contributed by atoms with E-state index in [0.717, 1.165) is 11.4 Å². The van der Waals surface area contributed by atoms with Crippen molar-refractivity contribution in [2.24, 2.45) is 0 Å². The third-order valence-electron chi connectivity index (χ3n) is 3.62. The molecule has 1 amide bonds. The molecule has 0 fully saturated rings. The molecule has 0 unspecified atom stereocenters. The molecule has 0 bridgehead atoms. The highest BCUT2D eigenvalue weighted by Crippen LogP contribution is 2.24. The molecule has 0 aliphatic heterocycles. The second-order valence-corrected chi connectivity index (χ2v) is 7.75. The molecule has 2 aromatic heterocycles. The summed E-state index contributed by atoms with van der Waals surface area (Å²) in [7, 11) is 0. The highest BCUT2D eigenvalue weighted by Gasteiger charge is 2.20. The number of thioether (sulfide) groups is 1. The van der Waals surface area contributed by atoms with E-state index in [-0.39, 0.29) is 11.2 Å². The number of nitrogens with zero attached hydrogens (tertiary/aromatic N) is 4. The standard InChI is InChI=1S/C18H19N5OS2/c1-3-10-23-15(12-14-7-5-4-6-8-14)21-22-18(23)26-13(2)16(24)20-17-19-9-11-25-17/h3-9,11,13H,1,10,12H2,2H3,(H,19,20,24)/t13-/m0/s1. The van der Waals surface area contributed by atoms with Gasteiger partial charge in [-0.25, -0.2) is 4.98 Å².